The van der Waals surface area contributed by atoms with Crippen LogP contribution in [-0.4, -0.2) is 13.1 Å². The molecule has 0 amide bonds. The molecule has 2 atom stereocenters. The number of rotatable bonds is 9. The van der Waals surface area contributed by atoms with Gasteiger partial charge in [0.2, 0.25) is 0 Å². The lowest BCUT2D eigenvalue weighted by Crippen LogP contribution is -2.25. The minimum Gasteiger partial charge on any atom is -0.317 e. The van der Waals surface area contributed by atoms with E-state index in [1.807, 2.05) is 12.1 Å². The van der Waals surface area contributed by atoms with E-state index in [1.165, 1.54) is 24.8 Å². The second-order valence-corrected chi connectivity index (χ2v) is 6.01. The van der Waals surface area contributed by atoms with Crippen molar-refractivity contribution in [2.75, 3.05) is 13.1 Å². The summed E-state index contributed by atoms with van der Waals surface area (Å²) >= 11 is 6.28. The first-order valence-corrected chi connectivity index (χ1v) is 7.99. The zero-order chi connectivity index (χ0) is 14.1. The Morgan fingerprint density at radius 3 is 2.58 bits per heavy atom. The molecule has 2 heteroatoms. The van der Waals surface area contributed by atoms with Gasteiger partial charge in [0.15, 0.2) is 0 Å². The fraction of sp³-hybridized carbons (Fsp3) is 0.647. The van der Waals surface area contributed by atoms with E-state index in [1.54, 1.807) is 0 Å². The minimum atomic E-state index is 0.682. The summed E-state index contributed by atoms with van der Waals surface area (Å²) in [5.41, 5.74) is 1.29. The van der Waals surface area contributed by atoms with Crippen molar-refractivity contribution in [1.29, 1.82) is 0 Å². The summed E-state index contributed by atoms with van der Waals surface area (Å²) in [5, 5.41) is 4.40. The molecule has 0 saturated heterocycles. The summed E-state index contributed by atoms with van der Waals surface area (Å²) in [5.74, 6) is 1.48. The first kappa shape index (κ1) is 16.5. The van der Waals surface area contributed by atoms with Gasteiger partial charge in [-0.2, -0.15) is 0 Å². The molecule has 0 aliphatic carbocycles. The average Bonchev–Trinajstić information content (AvgIpc) is 2.39. The molecule has 0 spiro atoms. The Labute approximate surface area is 123 Å². The fourth-order valence-corrected chi connectivity index (χ4v) is 2.95. The monoisotopic (exact) mass is 281 g/mol. The van der Waals surface area contributed by atoms with Crippen molar-refractivity contribution in [2.24, 2.45) is 11.8 Å². The SMILES string of the molecule is CCCC(C)CC(CNCC)Cc1ccccc1Cl. The molecule has 108 valence electrons. The highest BCUT2D eigenvalue weighted by Crippen LogP contribution is 2.24. The highest BCUT2D eigenvalue weighted by atomic mass is 35.5. The van der Waals surface area contributed by atoms with Crippen LogP contribution >= 0.6 is 11.6 Å². The van der Waals surface area contributed by atoms with E-state index in [9.17, 15) is 0 Å². The lowest BCUT2D eigenvalue weighted by molar-refractivity contribution is 0.356. The van der Waals surface area contributed by atoms with Gasteiger partial charge in [-0.15, -0.1) is 0 Å². The van der Waals surface area contributed by atoms with Gasteiger partial charge in [0.05, 0.1) is 0 Å². The molecule has 1 rings (SSSR count). The molecule has 19 heavy (non-hydrogen) atoms. The molecule has 1 nitrogen and oxygen atoms in total. The zero-order valence-corrected chi connectivity index (χ0v) is 13.3. The van der Waals surface area contributed by atoms with E-state index in [4.69, 9.17) is 11.6 Å². The first-order valence-electron chi connectivity index (χ1n) is 7.61. The maximum atomic E-state index is 6.28. The molecule has 0 aliphatic rings. The second kappa shape index (κ2) is 9.39. The third-order valence-corrected chi connectivity index (χ3v) is 4.04. The quantitative estimate of drug-likeness (QED) is 0.676. The highest BCUT2D eigenvalue weighted by molar-refractivity contribution is 6.31. The van der Waals surface area contributed by atoms with Crippen LogP contribution in [0.2, 0.25) is 5.02 Å². The van der Waals surface area contributed by atoms with Gasteiger partial charge in [-0.1, -0.05) is 63.4 Å². The number of halogens is 1. The second-order valence-electron chi connectivity index (χ2n) is 5.60. The maximum Gasteiger partial charge on any atom is 0.0438 e. The third kappa shape index (κ3) is 6.44. The Balaban J connectivity index is 2.60. The van der Waals surface area contributed by atoms with Crippen molar-refractivity contribution in [3.8, 4) is 0 Å². The minimum absolute atomic E-state index is 0.682. The van der Waals surface area contributed by atoms with Crippen molar-refractivity contribution in [3.63, 3.8) is 0 Å². The van der Waals surface area contributed by atoms with Gasteiger partial charge in [0, 0.05) is 5.02 Å². The normalized spacial score (nSPS) is 14.3. The van der Waals surface area contributed by atoms with E-state index < -0.39 is 0 Å². The maximum absolute atomic E-state index is 6.28. The predicted octanol–water partition coefficient (Wildman–Crippen LogP) is 4.93. The van der Waals surface area contributed by atoms with Crippen LogP contribution in [0.5, 0.6) is 0 Å². The molecule has 1 aromatic rings. The van der Waals surface area contributed by atoms with E-state index in [2.05, 4.69) is 38.2 Å². The van der Waals surface area contributed by atoms with Crippen LogP contribution in [-0.2, 0) is 6.42 Å². The smallest absolute Gasteiger partial charge is 0.0438 e. The Bertz CT molecular complexity index is 351. The van der Waals surface area contributed by atoms with Crippen molar-refractivity contribution < 1.29 is 0 Å². The highest BCUT2D eigenvalue weighted by Gasteiger charge is 2.14. The Hall–Kier alpha value is -0.530. The van der Waals surface area contributed by atoms with Gasteiger partial charge in [0.25, 0.3) is 0 Å². The van der Waals surface area contributed by atoms with E-state index in [-0.39, 0.29) is 0 Å². The largest absolute Gasteiger partial charge is 0.317 e. The topological polar surface area (TPSA) is 12.0 Å². The molecule has 0 fully saturated rings. The summed E-state index contributed by atoms with van der Waals surface area (Å²) in [6.07, 6.45) is 4.97. The molecular formula is C17H28ClN. The van der Waals surface area contributed by atoms with Crippen molar-refractivity contribution in [1.82, 2.24) is 5.32 Å². The van der Waals surface area contributed by atoms with E-state index in [0.717, 1.165) is 30.5 Å². The molecular weight excluding hydrogens is 254 g/mol. The summed E-state index contributed by atoms with van der Waals surface area (Å²) in [4.78, 5) is 0. The zero-order valence-electron chi connectivity index (χ0n) is 12.6. The van der Waals surface area contributed by atoms with E-state index in [0.29, 0.717) is 5.92 Å². The van der Waals surface area contributed by atoms with Crippen LogP contribution in [0.15, 0.2) is 24.3 Å². The molecule has 0 aliphatic heterocycles. The van der Waals surface area contributed by atoms with Gasteiger partial charge in [-0.05, 0) is 49.4 Å². The number of benzene rings is 1. The molecule has 2 unspecified atom stereocenters. The molecule has 0 radical (unpaired) electrons. The molecule has 0 aromatic heterocycles. The van der Waals surface area contributed by atoms with Crippen LogP contribution in [0.3, 0.4) is 0 Å². The molecule has 0 saturated carbocycles. The van der Waals surface area contributed by atoms with Crippen molar-refractivity contribution in [3.05, 3.63) is 34.9 Å². The standard InChI is InChI=1S/C17H28ClN/c1-4-8-14(3)11-15(13-19-5-2)12-16-9-6-7-10-17(16)18/h6-7,9-10,14-15,19H,4-5,8,11-13H2,1-3H3. The summed E-state index contributed by atoms with van der Waals surface area (Å²) in [6, 6.07) is 8.24. The van der Waals surface area contributed by atoms with Gasteiger partial charge in [-0.3, -0.25) is 0 Å². The number of hydrogen-bond acceptors (Lipinski definition) is 1. The molecule has 0 heterocycles. The molecule has 1 N–H and O–H groups in total. The molecule has 0 bridgehead atoms. The first-order chi connectivity index (χ1) is 9.17. The number of nitrogens with one attached hydrogen (secondary N) is 1. The Kier molecular flexibility index (Phi) is 8.16. The third-order valence-electron chi connectivity index (χ3n) is 3.67. The fourth-order valence-electron chi connectivity index (χ4n) is 2.74. The van der Waals surface area contributed by atoms with Gasteiger partial charge in [0.1, 0.15) is 0 Å². The predicted molar refractivity (Wildman–Crippen MR) is 85.9 cm³/mol. The van der Waals surface area contributed by atoms with Crippen LogP contribution < -0.4 is 5.32 Å². The van der Waals surface area contributed by atoms with Crippen LogP contribution in [0.4, 0.5) is 0 Å². The summed E-state index contributed by atoms with van der Waals surface area (Å²) in [6.45, 7) is 8.94. The lowest BCUT2D eigenvalue weighted by Gasteiger charge is -2.21. The van der Waals surface area contributed by atoms with Crippen LogP contribution in [0.1, 0.15) is 45.6 Å². The van der Waals surface area contributed by atoms with E-state index >= 15 is 0 Å². The Morgan fingerprint density at radius 2 is 1.95 bits per heavy atom. The van der Waals surface area contributed by atoms with Gasteiger partial charge < -0.3 is 5.32 Å². The number of hydrogen-bond donors (Lipinski definition) is 1. The summed E-state index contributed by atoms with van der Waals surface area (Å²) < 4.78 is 0. The van der Waals surface area contributed by atoms with Gasteiger partial charge in [-0.25, -0.2) is 0 Å². The van der Waals surface area contributed by atoms with Crippen LogP contribution in [0, 0.1) is 11.8 Å². The van der Waals surface area contributed by atoms with Gasteiger partial charge >= 0.3 is 0 Å². The summed E-state index contributed by atoms with van der Waals surface area (Å²) in [7, 11) is 0. The average molecular weight is 282 g/mol. The Morgan fingerprint density at radius 1 is 1.21 bits per heavy atom. The van der Waals surface area contributed by atoms with Crippen molar-refractivity contribution in [2.45, 2.75) is 46.5 Å². The lowest BCUT2D eigenvalue weighted by atomic mass is 9.88. The molecule has 1 aromatic carbocycles. The van der Waals surface area contributed by atoms with Crippen molar-refractivity contribution >= 4 is 11.6 Å². The van der Waals surface area contributed by atoms with Crippen LogP contribution in [0.25, 0.3) is 0 Å².